The van der Waals surface area contributed by atoms with Gasteiger partial charge in [0.15, 0.2) is 6.10 Å². The summed E-state index contributed by atoms with van der Waals surface area (Å²) in [6, 6.07) is 20.1. The van der Waals surface area contributed by atoms with E-state index in [1.165, 1.54) is 11.3 Å². The lowest BCUT2D eigenvalue weighted by atomic mass is 10.0. The van der Waals surface area contributed by atoms with Crippen LogP contribution >= 0.6 is 11.3 Å². The van der Waals surface area contributed by atoms with Gasteiger partial charge in [0.25, 0.3) is 11.8 Å². The van der Waals surface area contributed by atoms with Crippen molar-refractivity contribution >= 4 is 39.8 Å². The van der Waals surface area contributed by atoms with Crippen LogP contribution in [0.1, 0.15) is 56.1 Å². The Labute approximate surface area is 244 Å². The number of hydrogen-bond donors (Lipinski definition) is 2. The Hall–Kier alpha value is -4.43. The van der Waals surface area contributed by atoms with E-state index in [1.807, 2.05) is 70.2 Å². The maximum atomic E-state index is 13.2. The number of rotatable bonds is 9. The third-order valence-corrected chi connectivity index (χ3v) is 7.60. The molecule has 1 atom stereocenters. The summed E-state index contributed by atoms with van der Waals surface area (Å²) in [6.45, 7) is 11.5. The molecule has 7 nitrogen and oxygen atoms in total. The van der Waals surface area contributed by atoms with E-state index in [1.54, 1.807) is 38.1 Å². The number of benzene rings is 3. The fraction of sp³-hybridized carbons (Fsp3) is 0.242. The van der Waals surface area contributed by atoms with Crippen LogP contribution in [0.2, 0.25) is 0 Å². The number of esters is 1. The number of nitrogens with one attached hydrogen (secondary N) is 2. The predicted octanol–water partition coefficient (Wildman–Crippen LogP) is 7.48. The fourth-order valence-corrected chi connectivity index (χ4v) is 5.76. The molecule has 0 fully saturated rings. The molecule has 0 aliphatic carbocycles. The van der Waals surface area contributed by atoms with E-state index < -0.39 is 12.1 Å². The number of carbonyl (C=O) groups is 3. The molecule has 4 aromatic rings. The van der Waals surface area contributed by atoms with Crippen LogP contribution in [0.4, 0.5) is 10.7 Å². The molecule has 41 heavy (non-hydrogen) atoms. The molecule has 0 spiro atoms. The molecule has 0 unspecified atom stereocenters. The first-order valence-corrected chi connectivity index (χ1v) is 14.2. The number of amides is 2. The van der Waals surface area contributed by atoms with Gasteiger partial charge in [-0.2, -0.15) is 0 Å². The Balaban J connectivity index is 1.47. The summed E-state index contributed by atoms with van der Waals surface area (Å²) in [5, 5.41) is 6.28. The SMILES string of the molecule is CCOC(=O)c1c(NC(=O)c2ccc(O[C@H](C)C(=O)Nc3c(C)cc(C)cc3C)cc2)sc(C)c1-c1ccccc1. The van der Waals surface area contributed by atoms with Gasteiger partial charge >= 0.3 is 5.97 Å². The molecule has 2 N–H and O–H groups in total. The van der Waals surface area contributed by atoms with Crippen molar-refractivity contribution in [1.82, 2.24) is 0 Å². The zero-order valence-electron chi connectivity index (χ0n) is 24.1. The van der Waals surface area contributed by atoms with Crippen LogP contribution < -0.4 is 15.4 Å². The van der Waals surface area contributed by atoms with Crippen molar-refractivity contribution in [3.63, 3.8) is 0 Å². The third-order valence-electron chi connectivity index (χ3n) is 6.58. The van der Waals surface area contributed by atoms with E-state index in [-0.39, 0.29) is 18.4 Å². The van der Waals surface area contributed by atoms with Crippen LogP contribution in [-0.4, -0.2) is 30.5 Å². The second-order valence-corrected chi connectivity index (χ2v) is 11.1. The monoisotopic (exact) mass is 570 g/mol. The van der Waals surface area contributed by atoms with Gasteiger partial charge in [-0.25, -0.2) is 4.79 Å². The van der Waals surface area contributed by atoms with Crippen molar-refractivity contribution in [2.45, 2.75) is 47.6 Å². The Kier molecular flexibility index (Phi) is 9.24. The predicted molar refractivity (Wildman–Crippen MR) is 164 cm³/mol. The first kappa shape index (κ1) is 29.6. The lowest BCUT2D eigenvalue weighted by Gasteiger charge is -2.18. The second-order valence-electron chi connectivity index (χ2n) is 9.83. The fourth-order valence-electron chi connectivity index (χ4n) is 4.70. The second kappa shape index (κ2) is 12.8. The molecule has 0 aliphatic rings. The minimum absolute atomic E-state index is 0.220. The first-order valence-electron chi connectivity index (χ1n) is 13.4. The maximum Gasteiger partial charge on any atom is 0.341 e. The number of aryl methyl sites for hydroxylation is 4. The molecular formula is C33H34N2O5S. The Morgan fingerprint density at radius 3 is 2.12 bits per heavy atom. The summed E-state index contributed by atoms with van der Waals surface area (Å²) in [5.41, 5.74) is 6.23. The van der Waals surface area contributed by atoms with E-state index in [4.69, 9.17) is 9.47 Å². The summed E-state index contributed by atoms with van der Waals surface area (Å²) in [6.07, 6.45) is -0.757. The minimum atomic E-state index is -0.757. The third kappa shape index (κ3) is 6.84. The molecular weight excluding hydrogens is 536 g/mol. The van der Waals surface area contributed by atoms with E-state index in [2.05, 4.69) is 10.6 Å². The standard InChI is InChI=1S/C33H34N2O5S/c1-7-39-33(38)28-27(24-11-9-8-10-12-24)23(6)41-32(28)35-31(37)25-13-15-26(16-14-25)40-22(5)30(36)34-29-20(3)17-19(2)18-21(29)4/h8-18,22H,7H2,1-6H3,(H,34,36)(H,35,37)/t22-/m1/s1. The lowest BCUT2D eigenvalue weighted by molar-refractivity contribution is -0.122. The molecule has 0 bridgehead atoms. The summed E-state index contributed by atoms with van der Waals surface area (Å²) < 4.78 is 11.2. The smallest absolute Gasteiger partial charge is 0.341 e. The van der Waals surface area contributed by atoms with Crippen molar-refractivity contribution in [1.29, 1.82) is 0 Å². The molecule has 0 aliphatic heterocycles. The van der Waals surface area contributed by atoms with Gasteiger partial charge in [-0.05, 0) is 82.5 Å². The number of anilines is 2. The van der Waals surface area contributed by atoms with E-state index >= 15 is 0 Å². The molecule has 3 aromatic carbocycles. The van der Waals surface area contributed by atoms with Crippen molar-refractivity contribution in [2.75, 3.05) is 17.2 Å². The number of ether oxygens (including phenoxy) is 2. The minimum Gasteiger partial charge on any atom is -0.481 e. The normalized spacial score (nSPS) is 11.5. The van der Waals surface area contributed by atoms with Gasteiger partial charge in [-0.3, -0.25) is 9.59 Å². The molecule has 1 aromatic heterocycles. The zero-order valence-corrected chi connectivity index (χ0v) is 24.9. The number of hydrogen-bond acceptors (Lipinski definition) is 6. The molecule has 2 amide bonds. The van der Waals surface area contributed by atoms with Crippen molar-refractivity contribution < 1.29 is 23.9 Å². The van der Waals surface area contributed by atoms with Gasteiger partial charge < -0.3 is 20.1 Å². The van der Waals surface area contributed by atoms with E-state index in [0.29, 0.717) is 21.9 Å². The summed E-state index contributed by atoms with van der Waals surface area (Å²) in [4.78, 5) is 39.8. The molecule has 0 saturated carbocycles. The van der Waals surface area contributed by atoms with Gasteiger partial charge in [-0.1, -0.05) is 48.0 Å². The summed E-state index contributed by atoms with van der Waals surface area (Å²) in [7, 11) is 0. The zero-order chi connectivity index (χ0) is 29.7. The molecule has 8 heteroatoms. The van der Waals surface area contributed by atoms with Crippen LogP contribution in [0.5, 0.6) is 5.75 Å². The largest absolute Gasteiger partial charge is 0.481 e. The summed E-state index contributed by atoms with van der Waals surface area (Å²) in [5.74, 6) is -0.681. The maximum absolute atomic E-state index is 13.2. The summed E-state index contributed by atoms with van der Waals surface area (Å²) >= 11 is 1.33. The van der Waals surface area contributed by atoms with Gasteiger partial charge in [0.1, 0.15) is 16.3 Å². The van der Waals surface area contributed by atoms with Crippen molar-refractivity contribution in [3.8, 4) is 16.9 Å². The van der Waals surface area contributed by atoms with Gasteiger partial charge in [-0.15, -0.1) is 11.3 Å². The average molecular weight is 571 g/mol. The molecule has 1 heterocycles. The van der Waals surface area contributed by atoms with E-state index in [0.717, 1.165) is 38.4 Å². The van der Waals surface area contributed by atoms with Crippen LogP contribution in [0.25, 0.3) is 11.1 Å². The molecule has 0 radical (unpaired) electrons. The first-order chi connectivity index (χ1) is 19.6. The quantitative estimate of drug-likeness (QED) is 0.204. The Morgan fingerprint density at radius 2 is 1.51 bits per heavy atom. The van der Waals surface area contributed by atoms with Gasteiger partial charge in [0.05, 0.1) is 6.61 Å². The Bertz CT molecular complexity index is 1550. The van der Waals surface area contributed by atoms with Crippen LogP contribution in [-0.2, 0) is 9.53 Å². The highest BCUT2D eigenvalue weighted by Crippen LogP contribution is 2.40. The Morgan fingerprint density at radius 1 is 0.878 bits per heavy atom. The van der Waals surface area contributed by atoms with Crippen LogP contribution in [0, 0.1) is 27.7 Å². The van der Waals surface area contributed by atoms with Crippen LogP contribution in [0.3, 0.4) is 0 Å². The van der Waals surface area contributed by atoms with Gasteiger partial charge in [0.2, 0.25) is 0 Å². The average Bonchev–Trinajstić information content (AvgIpc) is 3.26. The molecule has 212 valence electrons. The number of carbonyl (C=O) groups excluding carboxylic acids is 3. The van der Waals surface area contributed by atoms with Crippen molar-refractivity contribution in [3.05, 3.63) is 99.4 Å². The highest BCUT2D eigenvalue weighted by molar-refractivity contribution is 7.17. The van der Waals surface area contributed by atoms with E-state index in [9.17, 15) is 14.4 Å². The molecule has 4 rings (SSSR count). The van der Waals surface area contributed by atoms with Crippen molar-refractivity contribution in [2.24, 2.45) is 0 Å². The molecule has 0 saturated heterocycles. The van der Waals surface area contributed by atoms with Crippen LogP contribution in [0.15, 0.2) is 66.7 Å². The lowest BCUT2D eigenvalue weighted by Crippen LogP contribution is -2.30. The highest BCUT2D eigenvalue weighted by atomic mass is 32.1. The van der Waals surface area contributed by atoms with Gasteiger partial charge in [0, 0.05) is 21.7 Å². The number of thiophene rings is 1. The highest BCUT2D eigenvalue weighted by Gasteiger charge is 2.26. The topological polar surface area (TPSA) is 93.7 Å².